The van der Waals surface area contributed by atoms with Crippen molar-refractivity contribution in [2.24, 2.45) is 0 Å². The van der Waals surface area contributed by atoms with Crippen molar-refractivity contribution in [3.8, 4) is 0 Å². The number of alkyl halides is 3. The number of benzene rings is 1. The molecule has 1 aromatic heterocycles. The highest BCUT2D eigenvalue weighted by molar-refractivity contribution is 9.10. The molecule has 0 radical (unpaired) electrons. The lowest BCUT2D eigenvalue weighted by Gasteiger charge is -2.04. The fraction of sp³-hybridized carbons (Fsp3) is 0.182. The molecule has 106 valence electrons. The van der Waals surface area contributed by atoms with E-state index in [0.717, 1.165) is 10.9 Å². The molecule has 4 nitrogen and oxygen atoms in total. The van der Waals surface area contributed by atoms with Crippen LogP contribution in [0.4, 0.5) is 17.6 Å². The molecule has 0 bridgehead atoms. The quantitative estimate of drug-likeness (QED) is 0.630. The normalized spacial score (nSPS) is 11.7. The molecule has 9 heteroatoms. The number of aromatic nitrogens is 3. The summed E-state index contributed by atoms with van der Waals surface area (Å²) in [6, 6.07) is 3.90. The third-order valence-corrected chi connectivity index (χ3v) is 3.14. The monoisotopic (exact) mass is 351 g/mol. The first-order valence-electron chi connectivity index (χ1n) is 5.23. The molecule has 0 spiro atoms. The zero-order chi connectivity index (χ0) is 14.9. The summed E-state index contributed by atoms with van der Waals surface area (Å²) >= 11 is 3.18. The van der Waals surface area contributed by atoms with Gasteiger partial charge in [-0.2, -0.15) is 13.2 Å². The van der Waals surface area contributed by atoms with Gasteiger partial charge in [0, 0.05) is 4.47 Å². The van der Waals surface area contributed by atoms with E-state index in [1.54, 1.807) is 0 Å². The summed E-state index contributed by atoms with van der Waals surface area (Å²) < 4.78 is 51.3. The number of halogens is 5. The van der Waals surface area contributed by atoms with Crippen molar-refractivity contribution in [2.45, 2.75) is 12.7 Å². The van der Waals surface area contributed by atoms with Crippen molar-refractivity contribution in [1.82, 2.24) is 15.0 Å². The Kier molecular flexibility index (Phi) is 3.89. The summed E-state index contributed by atoms with van der Waals surface area (Å²) in [6.45, 7) is -0.0174. The van der Waals surface area contributed by atoms with Crippen molar-refractivity contribution < 1.29 is 22.4 Å². The molecule has 0 atom stereocenters. The maximum atomic E-state index is 13.1. The molecule has 0 aliphatic heterocycles. The number of rotatable bonds is 3. The topological polar surface area (TPSA) is 47.8 Å². The molecular formula is C11H6BrF4N3O. The smallest absolute Gasteiger partial charge is 0.282 e. The third kappa shape index (κ3) is 3.21. The van der Waals surface area contributed by atoms with Crippen LogP contribution >= 0.6 is 15.9 Å². The van der Waals surface area contributed by atoms with Gasteiger partial charge in [-0.1, -0.05) is 21.1 Å². The van der Waals surface area contributed by atoms with Crippen LogP contribution in [0.1, 0.15) is 16.1 Å². The van der Waals surface area contributed by atoms with Crippen LogP contribution in [-0.4, -0.2) is 27.0 Å². The van der Waals surface area contributed by atoms with Crippen LogP contribution in [0.2, 0.25) is 0 Å². The Morgan fingerprint density at radius 3 is 2.70 bits per heavy atom. The lowest BCUT2D eigenvalue weighted by molar-refractivity contribution is -0.0888. The van der Waals surface area contributed by atoms with E-state index in [1.165, 1.54) is 18.2 Å². The van der Waals surface area contributed by atoms with Crippen LogP contribution in [0.3, 0.4) is 0 Å². The van der Waals surface area contributed by atoms with Crippen molar-refractivity contribution in [1.29, 1.82) is 0 Å². The Balaban J connectivity index is 2.22. The van der Waals surface area contributed by atoms with Crippen molar-refractivity contribution >= 4 is 21.7 Å². The van der Waals surface area contributed by atoms with E-state index in [9.17, 15) is 22.4 Å². The van der Waals surface area contributed by atoms with Crippen LogP contribution in [0.15, 0.2) is 28.9 Å². The van der Waals surface area contributed by atoms with Gasteiger partial charge in [0.15, 0.2) is 5.69 Å². The Labute approximate surface area is 118 Å². The van der Waals surface area contributed by atoms with E-state index in [2.05, 4.69) is 26.2 Å². The maximum absolute atomic E-state index is 13.1. The van der Waals surface area contributed by atoms with Crippen LogP contribution in [-0.2, 0) is 6.54 Å². The molecule has 0 saturated heterocycles. The summed E-state index contributed by atoms with van der Waals surface area (Å²) in [5, 5.41) is 6.58. The van der Waals surface area contributed by atoms with E-state index in [0.29, 0.717) is 10.0 Å². The number of ketones is 1. The molecular weight excluding hydrogens is 346 g/mol. The highest BCUT2D eigenvalue weighted by Crippen LogP contribution is 2.21. The predicted octanol–water partition coefficient (Wildman–Crippen LogP) is 2.97. The number of carbonyl (C=O) groups is 1. The van der Waals surface area contributed by atoms with E-state index < -0.39 is 23.5 Å². The molecule has 20 heavy (non-hydrogen) atoms. The molecule has 0 aliphatic carbocycles. The number of Topliss-reactive ketones (excluding diaryl/α,β-unsaturated/α-hetero) is 1. The van der Waals surface area contributed by atoms with Crippen LogP contribution in [0.25, 0.3) is 0 Å². The fourth-order valence-corrected chi connectivity index (χ4v) is 1.84. The Morgan fingerprint density at radius 2 is 2.05 bits per heavy atom. The average Bonchev–Trinajstić information content (AvgIpc) is 2.80. The molecule has 0 saturated carbocycles. The summed E-state index contributed by atoms with van der Waals surface area (Å²) in [6.07, 6.45) is -4.13. The van der Waals surface area contributed by atoms with Gasteiger partial charge >= 0.3 is 6.18 Å². The number of hydrogen-bond acceptors (Lipinski definition) is 3. The minimum Gasteiger partial charge on any atom is -0.282 e. The second-order valence-corrected chi connectivity index (χ2v) is 4.72. The van der Waals surface area contributed by atoms with E-state index in [4.69, 9.17) is 0 Å². The molecule has 0 aliphatic rings. The largest absolute Gasteiger partial charge is 0.456 e. The van der Waals surface area contributed by atoms with Gasteiger partial charge in [-0.25, -0.2) is 9.07 Å². The van der Waals surface area contributed by atoms with Gasteiger partial charge in [0.05, 0.1) is 12.7 Å². The van der Waals surface area contributed by atoms with Gasteiger partial charge < -0.3 is 0 Å². The predicted molar refractivity (Wildman–Crippen MR) is 63.6 cm³/mol. The highest BCUT2D eigenvalue weighted by Gasteiger charge is 2.41. The summed E-state index contributed by atoms with van der Waals surface area (Å²) in [5.41, 5.74) is -0.342. The average molecular weight is 352 g/mol. The first kappa shape index (κ1) is 14.6. The molecule has 0 unspecified atom stereocenters. The lowest BCUT2D eigenvalue weighted by Crippen LogP contribution is -2.23. The standard InChI is InChI=1S/C11H6BrF4N3O/c12-8-2-1-7(13)3-6(8)4-19-5-9(17-18-19)10(20)11(14,15)16/h1-3,5H,4H2. The van der Waals surface area contributed by atoms with Gasteiger partial charge in [-0.05, 0) is 23.8 Å². The molecule has 0 N–H and O–H groups in total. The number of hydrogen-bond donors (Lipinski definition) is 0. The number of nitrogens with zero attached hydrogens (tertiary/aromatic N) is 3. The number of carbonyl (C=O) groups excluding carboxylic acids is 1. The summed E-state index contributed by atoms with van der Waals surface area (Å²) in [5.74, 6) is -2.56. The first-order chi connectivity index (χ1) is 9.27. The van der Waals surface area contributed by atoms with Crippen LogP contribution < -0.4 is 0 Å². The lowest BCUT2D eigenvalue weighted by atomic mass is 10.2. The van der Waals surface area contributed by atoms with E-state index >= 15 is 0 Å². The van der Waals surface area contributed by atoms with Gasteiger partial charge in [-0.3, -0.25) is 4.79 Å². The SMILES string of the molecule is O=C(c1cn(Cc2cc(F)ccc2Br)nn1)C(F)(F)F. The summed E-state index contributed by atoms with van der Waals surface area (Å²) in [4.78, 5) is 10.9. The van der Waals surface area contributed by atoms with Gasteiger partial charge in [-0.15, -0.1) is 5.10 Å². The van der Waals surface area contributed by atoms with Crippen LogP contribution in [0, 0.1) is 5.82 Å². The third-order valence-electron chi connectivity index (χ3n) is 2.37. The van der Waals surface area contributed by atoms with Gasteiger partial charge in [0.1, 0.15) is 5.82 Å². The highest BCUT2D eigenvalue weighted by atomic mass is 79.9. The molecule has 0 amide bonds. The van der Waals surface area contributed by atoms with Crippen molar-refractivity contribution in [3.05, 3.63) is 45.9 Å². The van der Waals surface area contributed by atoms with E-state index in [-0.39, 0.29) is 6.54 Å². The van der Waals surface area contributed by atoms with Crippen molar-refractivity contribution in [3.63, 3.8) is 0 Å². The Bertz CT molecular complexity index is 653. The maximum Gasteiger partial charge on any atom is 0.456 e. The fourth-order valence-electron chi connectivity index (χ4n) is 1.46. The van der Waals surface area contributed by atoms with Gasteiger partial charge in [0.2, 0.25) is 0 Å². The van der Waals surface area contributed by atoms with Gasteiger partial charge in [0.25, 0.3) is 5.78 Å². The zero-order valence-corrected chi connectivity index (χ0v) is 11.2. The second kappa shape index (κ2) is 5.31. The van der Waals surface area contributed by atoms with Crippen LogP contribution in [0.5, 0.6) is 0 Å². The molecule has 1 heterocycles. The molecule has 1 aromatic carbocycles. The second-order valence-electron chi connectivity index (χ2n) is 3.86. The molecule has 0 fully saturated rings. The minimum absolute atomic E-state index is 0.0174. The summed E-state index contributed by atoms with van der Waals surface area (Å²) in [7, 11) is 0. The minimum atomic E-state index is -5.00. The van der Waals surface area contributed by atoms with E-state index in [1.807, 2.05) is 0 Å². The Hall–Kier alpha value is -1.77. The Morgan fingerprint density at radius 1 is 1.35 bits per heavy atom. The molecule has 2 rings (SSSR count). The van der Waals surface area contributed by atoms with Crippen molar-refractivity contribution in [2.75, 3.05) is 0 Å². The molecule has 2 aromatic rings. The first-order valence-corrected chi connectivity index (χ1v) is 6.02. The zero-order valence-electron chi connectivity index (χ0n) is 9.66.